The van der Waals surface area contributed by atoms with E-state index < -0.39 is 0 Å². The van der Waals surface area contributed by atoms with Crippen molar-refractivity contribution in [2.45, 2.75) is 44.6 Å². The summed E-state index contributed by atoms with van der Waals surface area (Å²) < 4.78 is 0. The van der Waals surface area contributed by atoms with Gasteiger partial charge in [-0.1, -0.05) is 31.4 Å². The third-order valence-corrected chi connectivity index (χ3v) is 4.67. The maximum absolute atomic E-state index is 10.5. The Morgan fingerprint density at radius 3 is 2.78 bits per heavy atom. The van der Waals surface area contributed by atoms with Crippen LogP contribution in [-0.2, 0) is 6.42 Å². The molecule has 0 saturated heterocycles. The third-order valence-electron chi connectivity index (χ3n) is 4.67. The van der Waals surface area contributed by atoms with E-state index in [1.165, 1.54) is 43.4 Å². The van der Waals surface area contributed by atoms with Gasteiger partial charge in [0.1, 0.15) is 0 Å². The molecule has 0 amide bonds. The fourth-order valence-electron chi connectivity index (χ4n) is 3.49. The van der Waals surface area contributed by atoms with Crippen molar-refractivity contribution >= 4 is 5.69 Å². The van der Waals surface area contributed by atoms with Crippen LogP contribution in [0, 0.1) is 5.92 Å². The van der Waals surface area contributed by atoms with E-state index in [1.54, 1.807) is 0 Å². The van der Waals surface area contributed by atoms with Crippen LogP contribution >= 0.6 is 0 Å². The summed E-state index contributed by atoms with van der Waals surface area (Å²) in [6, 6.07) is 6.54. The fraction of sp³-hybridized carbons (Fsp3) is 0.625. The molecule has 1 aromatic rings. The SMILES string of the molecule is CN1CCc2cc(C(O)C3CCCCC3)ccc21. The van der Waals surface area contributed by atoms with Gasteiger partial charge in [-0.15, -0.1) is 0 Å². The van der Waals surface area contributed by atoms with Crippen LogP contribution in [-0.4, -0.2) is 18.7 Å². The lowest BCUT2D eigenvalue weighted by Crippen LogP contribution is -2.16. The average Bonchev–Trinajstić information content (AvgIpc) is 2.80. The lowest BCUT2D eigenvalue weighted by atomic mass is 9.82. The molecule has 0 aromatic heterocycles. The first-order valence-corrected chi connectivity index (χ1v) is 7.28. The fourth-order valence-corrected chi connectivity index (χ4v) is 3.49. The molecule has 1 fully saturated rings. The van der Waals surface area contributed by atoms with E-state index in [0.29, 0.717) is 5.92 Å². The zero-order chi connectivity index (χ0) is 12.5. The summed E-state index contributed by atoms with van der Waals surface area (Å²) in [5.41, 5.74) is 3.88. The predicted molar refractivity (Wildman–Crippen MR) is 75.0 cm³/mol. The zero-order valence-corrected chi connectivity index (χ0v) is 11.2. The molecule has 1 aliphatic carbocycles. The minimum Gasteiger partial charge on any atom is -0.388 e. The second kappa shape index (κ2) is 4.93. The standard InChI is InChI=1S/C16H23NO/c1-17-10-9-13-11-14(7-8-15(13)17)16(18)12-5-3-2-4-6-12/h7-8,11-12,16,18H,2-6,9-10H2,1H3. The van der Waals surface area contributed by atoms with Crippen LogP contribution in [0.25, 0.3) is 0 Å². The van der Waals surface area contributed by atoms with Gasteiger partial charge in [-0.3, -0.25) is 0 Å². The van der Waals surface area contributed by atoms with E-state index in [9.17, 15) is 5.11 Å². The maximum Gasteiger partial charge on any atom is 0.0818 e. The number of hydrogen-bond donors (Lipinski definition) is 1. The Balaban J connectivity index is 1.79. The Morgan fingerprint density at radius 1 is 1.22 bits per heavy atom. The molecule has 2 aliphatic rings. The molecule has 3 rings (SSSR count). The van der Waals surface area contributed by atoms with Gasteiger partial charge in [0, 0.05) is 19.3 Å². The molecule has 2 heteroatoms. The number of fused-ring (bicyclic) bond motifs is 1. The first kappa shape index (κ1) is 12.0. The monoisotopic (exact) mass is 245 g/mol. The smallest absolute Gasteiger partial charge is 0.0818 e. The Morgan fingerprint density at radius 2 is 2.00 bits per heavy atom. The van der Waals surface area contributed by atoms with Gasteiger partial charge in [0.05, 0.1) is 6.10 Å². The summed E-state index contributed by atoms with van der Waals surface area (Å²) in [6.45, 7) is 1.11. The highest BCUT2D eigenvalue weighted by Gasteiger charge is 2.24. The number of anilines is 1. The molecule has 1 unspecified atom stereocenters. The van der Waals surface area contributed by atoms with E-state index in [0.717, 1.165) is 18.5 Å². The summed E-state index contributed by atoms with van der Waals surface area (Å²) in [5, 5.41) is 10.5. The highest BCUT2D eigenvalue weighted by Crippen LogP contribution is 2.36. The third kappa shape index (κ3) is 2.14. The predicted octanol–water partition coefficient (Wildman–Crippen LogP) is 3.29. The number of rotatable bonds is 2. The second-order valence-corrected chi connectivity index (χ2v) is 5.90. The molecule has 0 bridgehead atoms. The minimum atomic E-state index is -0.249. The van der Waals surface area contributed by atoms with Crippen LogP contribution in [0.15, 0.2) is 18.2 Å². The van der Waals surface area contributed by atoms with Gasteiger partial charge in [0.25, 0.3) is 0 Å². The Bertz CT molecular complexity index is 423. The normalized spacial score (nSPS) is 22.0. The van der Waals surface area contributed by atoms with E-state index in [2.05, 4.69) is 30.1 Å². The molecule has 1 heterocycles. The molecule has 1 saturated carbocycles. The quantitative estimate of drug-likeness (QED) is 0.864. The Labute approximate surface area is 110 Å². The molecule has 0 spiro atoms. The van der Waals surface area contributed by atoms with Crippen LogP contribution < -0.4 is 4.90 Å². The highest BCUT2D eigenvalue weighted by atomic mass is 16.3. The van der Waals surface area contributed by atoms with Gasteiger partial charge in [-0.05, 0) is 42.4 Å². The molecule has 1 aromatic carbocycles. The van der Waals surface area contributed by atoms with Crippen molar-refractivity contribution in [3.63, 3.8) is 0 Å². The Kier molecular flexibility index (Phi) is 3.29. The topological polar surface area (TPSA) is 23.5 Å². The van der Waals surface area contributed by atoms with Gasteiger partial charge >= 0.3 is 0 Å². The van der Waals surface area contributed by atoms with Crippen LogP contribution in [0.5, 0.6) is 0 Å². The van der Waals surface area contributed by atoms with Gasteiger partial charge in [-0.2, -0.15) is 0 Å². The summed E-state index contributed by atoms with van der Waals surface area (Å²) in [7, 11) is 2.14. The molecule has 18 heavy (non-hydrogen) atoms. The van der Waals surface area contributed by atoms with Crippen LogP contribution in [0.2, 0.25) is 0 Å². The van der Waals surface area contributed by atoms with Crippen molar-refractivity contribution in [3.05, 3.63) is 29.3 Å². The summed E-state index contributed by atoms with van der Waals surface area (Å²) >= 11 is 0. The van der Waals surface area contributed by atoms with E-state index >= 15 is 0 Å². The van der Waals surface area contributed by atoms with Crippen molar-refractivity contribution in [2.24, 2.45) is 5.92 Å². The van der Waals surface area contributed by atoms with E-state index in [1.807, 2.05) is 0 Å². The molecule has 1 aliphatic heterocycles. The first-order valence-electron chi connectivity index (χ1n) is 7.28. The molecule has 98 valence electrons. The number of aliphatic hydroxyl groups is 1. The number of hydrogen-bond acceptors (Lipinski definition) is 2. The van der Waals surface area contributed by atoms with Gasteiger partial charge in [0.2, 0.25) is 0 Å². The van der Waals surface area contributed by atoms with Crippen molar-refractivity contribution in [1.82, 2.24) is 0 Å². The van der Waals surface area contributed by atoms with E-state index in [4.69, 9.17) is 0 Å². The molecule has 1 N–H and O–H groups in total. The van der Waals surface area contributed by atoms with E-state index in [-0.39, 0.29) is 6.10 Å². The van der Waals surface area contributed by atoms with Crippen molar-refractivity contribution in [2.75, 3.05) is 18.5 Å². The summed E-state index contributed by atoms with van der Waals surface area (Å²) in [5.74, 6) is 0.482. The minimum absolute atomic E-state index is 0.249. The highest BCUT2D eigenvalue weighted by molar-refractivity contribution is 5.58. The van der Waals surface area contributed by atoms with Crippen molar-refractivity contribution in [1.29, 1.82) is 0 Å². The lowest BCUT2D eigenvalue weighted by Gasteiger charge is -2.27. The maximum atomic E-state index is 10.5. The number of benzene rings is 1. The Hall–Kier alpha value is -1.02. The number of likely N-dealkylation sites (N-methyl/N-ethyl adjacent to an activating group) is 1. The zero-order valence-electron chi connectivity index (χ0n) is 11.2. The van der Waals surface area contributed by atoms with Gasteiger partial charge < -0.3 is 10.0 Å². The van der Waals surface area contributed by atoms with Crippen LogP contribution in [0.4, 0.5) is 5.69 Å². The first-order chi connectivity index (χ1) is 8.75. The van der Waals surface area contributed by atoms with Crippen LogP contribution in [0.1, 0.15) is 49.3 Å². The largest absolute Gasteiger partial charge is 0.388 e. The van der Waals surface area contributed by atoms with Gasteiger partial charge in [0.15, 0.2) is 0 Å². The molecule has 2 nitrogen and oxygen atoms in total. The number of nitrogens with zero attached hydrogens (tertiary/aromatic N) is 1. The van der Waals surface area contributed by atoms with Gasteiger partial charge in [-0.25, -0.2) is 0 Å². The van der Waals surface area contributed by atoms with Crippen molar-refractivity contribution < 1.29 is 5.11 Å². The molecule has 1 atom stereocenters. The summed E-state index contributed by atoms with van der Waals surface area (Å²) in [4.78, 5) is 2.30. The summed E-state index contributed by atoms with van der Waals surface area (Å²) in [6.07, 6.45) is 7.18. The molecular weight excluding hydrogens is 222 g/mol. The van der Waals surface area contributed by atoms with Crippen LogP contribution in [0.3, 0.4) is 0 Å². The molecule has 0 radical (unpaired) electrons. The second-order valence-electron chi connectivity index (χ2n) is 5.90. The number of aliphatic hydroxyl groups excluding tert-OH is 1. The van der Waals surface area contributed by atoms with Crippen molar-refractivity contribution in [3.8, 4) is 0 Å². The average molecular weight is 245 g/mol. The lowest BCUT2D eigenvalue weighted by molar-refractivity contribution is 0.0848. The molecular formula is C16H23NO.